The van der Waals surface area contributed by atoms with Crippen LogP contribution >= 0.6 is 0 Å². The molecule has 37 heavy (non-hydrogen) atoms. The van der Waals surface area contributed by atoms with Crippen LogP contribution in [0.15, 0.2) is 59.6 Å². The maximum absolute atomic E-state index is 13.3. The van der Waals surface area contributed by atoms with Crippen molar-refractivity contribution in [3.8, 4) is 0 Å². The van der Waals surface area contributed by atoms with Crippen molar-refractivity contribution in [2.75, 3.05) is 29.5 Å². The van der Waals surface area contributed by atoms with Crippen molar-refractivity contribution in [3.05, 3.63) is 54.7 Å². The maximum Gasteiger partial charge on any atom is 0.242 e. The van der Waals surface area contributed by atoms with Crippen LogP contribution in [0.4, 0.5) is 11.4 Å². The van der Waals surface area contributed by atoms with E-state index >= 15 is 0 Å². The van der Waals surface area contributed by atoms with Crippen molar-refractivity contribution in [2.45, 2.75) is 44.4 Å². The van der Waals surface area contributed by atoms with Crippen molar-refractivity contribution in [1.82, 2.24) is 9.47 Å². The molecule has 1 aliphatic heterocycles. The standard InChI is InChI=1S/C26H30N4O6S/c1-17-12-30(13-18(2)36-17)26(33)15-29-14-24(22-6-4-5-7-23(22)29)37(34,35)16-25(32)28-21-10-8-20(9-11-21)27-19(3)31/h4-11,14,17-18H,12-13,15-16H2,1-3H3,(H,27,31)(H,28,32)/t17-,18+. The number of benzene rings is 2. The molecule has 2 heterocycles. The van der Waals surface area contributed by atoms with Gasteiger partial charge in [-0.15, -0.1) is 0 Å². The Balaban J connectivity index is 1.51. The number of nitrogens with one attached hydrogen (secondary N) is 2. The highest BCUT2D eigenvalue weighted by Gasteiger charge is 2.28. The SMILES string of the molecule is CC(=O)Nc1ccc(NC(=O)CS(=O)(=O)c2cn(CC(=O)N3C[C@@H](C)O[C@@H](C)C3)c3ccccc23)cc1. The first-order chi connectivity index (χ1) is 17.5. The second kappa shape index (κ2) is 10.7. The zero-order valence-electron chi connectivity index (χ0n) is 20.9. The molecule has 3 amide bonds. The summed E-state index contributed by atoms with van der Waals surface area (Å²) >= 11 is 0. The van der Waals surface area contributed by atoms with Gasteiger partial charge in [0.1, 0.15) is 12.3 Å². The zero-order valence-corrected chi connectivity index (χ0v) is 21.7. The van der Waals surface area contributed by atoms with Gasteiger partial charge in [-0.2, -0.15) is 0 Å². The lowest BCUT2D eigenvalue weighted by Crippen LogP contribution is -2.49. The van der Waals surface area contributed by atoms with E-state index in [9.17, 15) is 22.8 Å². The fourth-order valence-electron chi connectivity index (χ4n) is 4.51. The van der Waals surface area contributed by atoms with Crippen molar-refractivity contribution >= 4 is 49.8 Å². The number of carbonyl (C=O) groups is 3. The summed E-state index contributed by atoms with van der Waals surface area (Å²) in [6.45, 7) is 6.13. The highest BCUT2D eigenvalue weighted by Crippen LogP contribution is 2.27. The lowest BCUT2D eigenvalue weighted by Gasteiger charge is -2.35. The molecule has 11 heteroatoms. The number of anilines is 2. The largest absolute Gasteiger partial charge is 0.372 e. The van der Waals surface area contributed by atoms with Gasteiger partial charge in [0.2, 0.25) is 17.7 Å². The number of para-hydroxylation sites is 1. The van der Waals surface area contributed by atoms with Crippen molar-refractivity contribution in [3.63, 3.8) is 0 Å². The van der Waals surface area contributed by atoms with Crippen LogP contribution in [0, 0.1) is 0 Å². The second-order valence-corrected chi connectivity index (χ2v) is 11.2. The Hall–Kier alpha value is -3.70. The number of fused-ring (bicyclic) bond motifs is 1. The smallest absolute Gasteiger partial charge is 0.242 e. The average Bonchev–Trinajstić information content (AvgIpc) is 3.18. The minimum absolute atomic E-state index is 0.00392. The monoisotopic (exact) mass is 526 g/mol. The first-order valence-electron chi connectivity index (χ1n) is 11.9. The van der Waals surface area contributed by atoms with Gasteiger partial charge in [0.15, 0.2) is 9.84 Å². The first kappa shape index (κ1) is 26.4. The van der Waals surface area contributed by atoms with Crippen LogP contribution in [-0.4, -0.2) is 66.7 Å². The van der Waals surface area contributed by atoms with Crippen LogP contribution in [0.25, 0.3) is 10.9 Å². The number of hydrogen-bond acceptors (Lipinski definition) is 6. The quantitative estimate of drug-likeness (QED) is 0.487. The molecule has 3 aromatic rings. The predicted molar refractivity (Wildman–Crippen MR) is 140 cm³/mol. The molecule has 1 saturated heterocycles. The van der Waals surface area contributed by atoms with Crippen LogP contribution in [0.3, 0.4) is 0 Å². The molecule has 0 saturated carbocycles. The van der Waals surface area contributed by atoms with E-state index in [4.69, 9.17) is 4.74 Å². The second-order valence-electron chi connectivity index (χ2n) is 9.26. The van der Waals surface area contributed by atoms with E-state index in [-0.39, 0.29) is 35.5 Å². The van der Waals surface area contributed by atoms with E-state index in [1.54, 1.807) is 58.0 Å². The van der Waals surface area contributed by atoms with Gasteiger partial charge in [0, 0.05) is 48.5 Å². The molecule has 4 rings (SSSR count). The molecule has 2 aromatic carbocycles. The van der Waals surface area contributed by atoms with Gasteiger partial charge in [0.25, 0.3) is 0 Å². The topological polar surface area (TPSA) is 127 Å². The average molecular weight is 527 g/mol. The summed E-state index contributed by atoms with van der Waals surface area (Å²) in [5.41, 5.74) is 1.55. The molecule has 1 aliphatic rings. The third-order valence-electron chi connectivity index (χ3n) is 5.98. The van der Waals surface area contributed by atoms with Gasteiger partial charge in [0.05, 0.1) is 17.1 Å². The van der Waals surface area contributed by atoms with E-state index in [0.29, 0.717) is 35.4 Å². The molecule has 1 aromatic heterocycles. The van der Waals surface area contributed by atoms with E-state index in [1.807, 2.05) is 13.8 Å². The first-order valence-corrected chi connectivity index (χ1v) is 13.6. The summed E-state index contributed by atoms with van der Waals surface area (Å²) in [5.74, 6) is -1.82. The summed E-state index contributed by atoms with van der Waals surface area (Å²) in [4.78, 5) is 38.5. The minimum Gasteiger partial charge on any atom is -0.372 e. The molecule has 2 atom stereocenters. The Bertz CT molecular complexity index is 1420. The molecule has 0 spiro atoms. The van der Waals surface area contributed by atoms with Crippen LogP contribution in [0.5, 0.6) is 0 Å². The number of carbonyl (C=O) groups excluding carboxylic acids is 3. The fourth-order valence-corrected chi connectivity index (χ4v) is 5.87. The summed E-state index contributed by atoms with van der Waals surface area (Å²) in [5, 5.41) is 5.65. The van der Waals surface area contributed by atoms with Gasteiger partial charge >= 0.3 is 0 Å². The zero-order chi connectivity index (χ0) is 26.7. The summed E-state index contributed by atoms with van der Waals surface area (Å²) in [6, 6.07) is 13.3. The maximum atomic E-state index is 13.3. The number of ether oxygens (including phenoxy) is 1. The van der Waals surface area contributed by atoms with Gasteiger partial charge in [-0.25, -0.2) is 8.42 Å². The lowest BCUT2D eigenvalue weighted by atomic mass is 10.2. The Kier molecular flexibility index (Phi) is 7.65. The van der Waals surface area contributed by atoms with Gasteiger partial charge in [-0.3, -0.25) is 14.4 Å². The van der Waals surface area contributed by atoms with Crippen LogP contribution < -0.4 is 10.6 Å². The third kappa shape index (κ3) is 6.36. The summed E-state index contributed by atoms with van der Waals surface area (Å²) < 4.78 is 33.9. The molecule has 0 bridgehead atoms. The number of nitrogens with zero attached hydrogens (tertiary/aromatic N) is 2. The Morgan fingerprint density at radius 3 is 2.16 bits per heavy atom. The number of aromatic nitrogens is 1. The molecule has 0 unspecified atom stereocenters. The molecule has 0 aliphatic carbocycles. The number of hydrogen-bond donors (Lipinski definition) is 2. The normalized spacial score (nSPS) is 18.0. The molecular formula is C26H30N4O6S. The number of rotatable bonds is 7. The number of amides is 3. The highest BCUT2D eigenvalue weighted by molar-refractivity contribution is 7.92. The summed E-state index contributed by atoms with van der Waals surface area (Å²) in [6.07, 6.45) is 1.27. The van der Waals surface area contributed by atoms with E-state index in [1.165, 1.54) is 13.1 Å². The minimum atomic E-state index is -4.02. The van der Waals surface area contributed by atoms with Gasteiger partial charge in [-0.1, -0.05) is 18.2 Å². The molecular weight excluding hydrogens is 496 g/mol. The van der Waals surface area contributed by atoms with Gasteiger partial charge in [-0.05, 0) is 44.2 Å². The molecule has 10 nitrogen and oxygen atoms in total. The van der Waals surface area contributed by atoms with Crippen LogP contribution in [0.2, 0.25) is 0 Å². The fraction of sp³-hybridized carbons (Fsp3) is 0.346. The molecule has 1 fully saturated rings. The third-order valence-corrected chi connectivity index (χ3v) is 7.61. The van der Waals surface area contributed by atoms with Crippen LogP contribution in [-0.2, 0) is 35.5 Å². The molecule has 2 N–H and O–H groups in total. The van der Waals surface area contributed by atoms with Crippen molar-refractivity contribution in [1.29, 1.82) is 0 Å². The Morgan fingerprint density at radius 2 is 1.54 bits per heavy atom. The predicted octanol–water partition coefficient (Wildman–Crippen LogP) is 2.65. The Labute approximate surface area is 215 Å². The van der Waals surface area contributed by atoms with Crippen molar-refractivity contribution < 1.29 is 27.5 Å². The Morgan fingerprint density at radius 1 is 0.946 bits per heavy atom. The van der Waals surface area contributed by atoms with Crippen molar-refractivity contribution in [2.24, 2.45) is 0 Å². The summed E-state index contributed by atoms with van der Waals surface area (Å²) in [7, 11) is -4.02. The van der Waals surface area contributed by atoms with E-state index in [0.717, 1.165) is 0 Å². The lowest BCUT2D eigenvalue weighted by molar-refractivity contribution is -0.143. The van der Waals surface area contributed by atoms with Crippen LogP contribution in [0.1, 0.15) is 20.8 Å². The highest BCUT2D eigenvalue weighted by atomic mass is 32.2. The molecule has 196 valence electrons. The molecule has 0 radical (unpaired) electrons. The number of morpholine rings is 1. The van der Waals surface area contributed by atoms with E-state index in [2.05, 4.69) is 10.6 Å². The number of sulfone groups is 1. The van der Waals surface area contributed by atoms with Gasteiger partial charge < -0.3 is 24.8 Å². The van der Waals surface area contributed by atoms with E-state index < -0.39 is 21.5 Å².